The number of nitriles is 1. The summed E-state index contributed by atoms with van der Waals surface area (Å²) in [6, 6.07) is 1.92. The fourth-order valence-electron chi connectivity index (χ4n) is 0.924. The second-order valence-corrected chi connectivity index (χ2v) is 2.66. The summed E-state index contributed by atoms with van der Waals surface area (Å²) < 4.78 is 39.3. The molecule has 0 aliphatic rings. The third-order valence-electron chi connectivity index (χ3n) is 1.51. The number of aromatic nitrogens is 1. The molecule has 0 radical (unpaired) electrons. The minimum absolute atomic E-state index is 0.565. The molecule has 90 valence electrons. The molecular formula is C7H3F3N4O3. The minimum Gasteiger partial charge on any atom is -0.403 e. The molecule has 0 aliphatic heterocycles. The van der Waals surface area contributed by atoms with Crippen LogP contribution in [0.5, 0.6) is 5.75 Å². The number of nitrogen functional groups attached to an aromatic ring is 1. The average molecular weight is 248 g/mol. The molecule has 0 aromatic carbocycles. The highest BCUT2D eigenvalue weighted by molar-refractivity contribution is 5.65. The van der Waals surface area contributed by atoms with Gasteiger partial charge in [-0.3, -0.25) is 0 Å². The Bertz CT molecular complexity index is 508. The van der Waals surface area contributed by atoms with Crippen molar-refractivity contribution >= 4 is 11.5 Å². The van der Waals surface area contributed by atoms with Crippen molar-refractivity contribution in [2.75, 3.05) is 5.73 Å². The highest BCUT2D eigenvalue weighted by Gasteiger charge is 2.34. The van der Waals surface area contributed by atoms with E-state index in [1.54, 1.807) is 0 Å². The first-order chi connectivity index (χ1) is 7.74. The summed E-state index contributed by atoms with van der Waals surface area (Å²) >= 11 is 0. The van der Waals surface area contributed by atoms with Crippen molar-refractivity contribution in [2.24, 2.45) is 0 Å². The normalized spacial score (nSPS) is 10.7. The lowest BCUT2D eigenvalue weighted by Gasteiger charge is -2.10. The molecule has 1 heterocycles. The van der Waals surface area contributed by atoms with Crippen molar-refractivity contribution in [1.29, 1.82) is 5.26 Å². The molecule has 0 saturated heterocycles. The fraction of sp³-hybridized carbons (Fsp3) is 0.143. The number of alkyl halides is 3. The largest absolute Gasteiger partial charge is 0.573 e. The molecule has 7 nitrogen and oxygen atoms in total. The molecule has 1 aromatic heterocycles. The van der Waals surface area contributed by atoms with Gasteiger partial charge in [0.05, 0.1) is 0 Å². The zero-order valence-corrected chi connectivity index (χ0v) is 7.85. The Balaban J connectivity index is 3.35. The number of hydrogen-bond acceptors (Lipinski definition) is 6. The SMILES string of the molecule is N#Cc1cc(OC(F)(F)F)c(N)c([N+](=O)[O-])n1. The van der Waals surface area contributed by atoms with Crippen LogP contribution in [0.2, 0.25) is 0 Å². The predicted molar refractivity (Wildman–Crippen MR) is 46.7 cm³/mol. The van der Waals surface area contributed by atoms with Gasteiger partial charge in [-0.2, -0.15) is 5.26 Å². The highest BCUT2D eigenvalue weighted by Crippen LogP contribution is 2.34. The lowest BCUT2D eigenvalue weighted by Crippen LogP contribution is -2.18. The fourth-order valence-corrected chi connectivity index (χ4v) is 0.924. The van der Waals surface area contributed by atoms with E-state index < -0.39 is 34.2 Å². The molecule has 10 heteroatoms. The lowest BCUT2D eigenvalue weighted by atomic mass is 10.3. The number of rotatable bonds is 2. The standard InChI is InChI=1S/C7H3F3N4O3/c8-7(9,10)17-4-1-3(2-11)13-6(5(4)12)14(15)16/h1H,12H2. The Morgan fingerprint density at radius 1 is 1.59 bits per heavy atom. The Kier molecular flexibility index (Phi) is 3.03. The summed E-state index contributed by atoms with van der Waals surface area (Å²) in [7, 11) is 0. The maximum Gasteiger partial charge on any atom is 0.573 e. The second-order valence-electron chi connectivity index (χ2n) is 2.66. The van der Waals surface area contributed by atoms with Crippen LogP contribution < -0.4 is 10.5 Å². The van der Waals surface area contributed by atoms with Gasteiger partial charge < -0.3 is 20.6 Å². The van der Waals surface area contributed by atoms with Crippen molar-refractivity contribution < 1.29 is 22.8 Å². The molecule has 1 rings (SSSR count). The van der Waals surface area contributed by atoms with Crippen molar-refractivity contribution in [2.45, 2.75) is 6.36 Å². The van der Waals surface area contributed by atoms with E-state index in [2.05, 4.69) is 9.72 Å². The molecule has 0 unspecified atom stereocenters. The van der Waals surface area contributed by atoms with Gasteiger partial charge in [-0.1, -0.05) is 0 Å². The van der Waals surface area contributed by atoms with Gasteiger partial charge in [0.15, 0.2) is 11.4 Å². The second kappa shape index (κ2) is 4.12. The Morgan fingerprint density at radius 3 is 2.59 bits per heavy atom. The predicted octanol–water partition coefficient (Wildman–Crippen LogP) is 1.34. The quantitative estimate of drug-likeness (QED) is 0.623. The van der Waals surface area contributed by atoms with Crippen LogP contribution in [-0.2, 0) is 0 Å². The summed E-state index contributed by atoms with van der Waals surface area (Å²) in [5, 5.41) is 18.9. The van der Waals surface area contributed by atoms with Crippen molar-refractivity contribution in [1.82, 2.24) is 4.98 Å². The third-order valence-corrected chi connectivity index (χ3v) is 1.51. The van der Waals surface area contributed by atoms with E-state index in [1.165, 1.54) is 6.07 Å². The average Bonchev–Trinajstić information content (AvgIpc) is 2.18. The molecule has 0 fully saturated rings. The molecule has 2 N–H and O–H groups in total. The Hall–Kier alpha value is -2.57. The summed E-state index contributed by atoms with van der Waals surface area (Å²) in [5.74, 6) is -2.10. The van der Waals surface area contributed by atoms with Crippen LogP contribution in [0.25, 0.3) is 0 Å². The number of hydrogen-bond donors (Lipinski definition) is 1. The van der Waals surface area contributed by atoms with Crippen molar-refractivity contribution in [3.8, 4) is 11.8 Å². The Morgan fingerprint density at radius 2 is 2.18 bits per heavy atom. The van der Waals surface area contributed by atoms with E-state index in [-0.39, 0.29) is 0 Å². The number of nitrogens with two attached hydrogens (primary N) is 1. The van der Waals surface area contributed by atoms with Crippen LogP contribution in [0.4, 0.5) is 24.7 Å². The number of nitro groups is 1. The van der Waals surface area contributed by atoms with Crippen LogP contribution >= 0.6 is 0 Å². The number of nitrogens with zero attached hydrogens (tertiary/aromatic N) is 3. The van der Waals surface area contributed by atoms with Gasteiger partial charge in [-0.15, -0.1) is 13.2 Å². The van der Waals surface area contributed by atoms with Crippen molar-refractivity contribution in [3.63, 3.8) is 0 Å². The molecule has 0 amide bonds. The zero-order valence-electron chi connectivity index (χ0n) is 7.85. The number of ether oxygens (including phenoxy) is 1. The van der Waals surface area contributed by atoms with Gasteiger partial charge in [-0.05, 0) is 9.91 Å². The van der Waals surface area contributed by atoms with Gasteiger partial charge in [0.1, 0.15) is 6.07 Å². The van der Waals surface area contributed by atoms with Crippen LogP contribution in [-0.4, -0.2) is 16.3 Å². The number of anilines is 1. The summed E-state index contributed by atoms with van der Waals surface area (Å²) in [5.41, 5.74) is 3.57. The third kappa shape index (κ3) is 2.94. The first-order valence-corrected chi connectivity index (χ1v) is 3.85. The van der Waals surface area contributed by atoms with Gasteiger partial charge in [-0.25, -0.2) is 0 Å². The molecule has 1 aromatic rings. The molecule has 17 heavy (non-hydrogen) atoms. The summed E-state index contributed by atoms with van der Waals surface area (Å²) in [4.78, 5) is 12.5. The smallest absolute Gasteiger partial charge is 0.403 e. The van der Waals surface area contributed by atoms with Gasteiger partial charge in [0.2, 0.25) is 0 Å². The van der Waals surface area contributed by atoms with Crippen molar-refractivity contribution in [3.05, 3.63) is 21.9 Å². The molecule has 0 aliphatic carbocycles. The molecule has 0 bridgehead atoms. The van der Waals surface area contributed by atoms with Gasteiger partial charge in [0.25, 0.3) is 5.69 Å². The highest BCUT2D eigenvalue weighted by atomic mass is 19.4. The van der Waals surface area contributed by atoms with E-state index in [4.69, 9.17) is 11.0 Å². The maximum atomic E-state index is 11.9. The number of pyridine rings is 1. The van der Waals surface area contributed by atoms with E-state index in [0.29, 0.717) is 6.07 Å². The van der Waals surface area contributed by atoms with Crippen LogP contribution in [0.3, 0.4) is 0 Å². The lowest BCUT2D eigenvalue weighted by molar-refractivity contribution is -0.388. The first-order valence-electron chi connectivity index (χ1n) is 3.85. The maximum absolute atomic E-state index is 11.9. The first kappa shape index (κ1) is 12.5. The Labute approximate surface area is 91.4 Å². The van der Waals surface area contributed by atoms with Crippen LogP contribution in [0.15, 0.2) is 6.07 Å². The zero-order chi connectivity index (χ0) is 13.2. The molecule has 0 atom stereocenters. The molecular weight excluding hydrogens is 245 g/mol. The monoisotopic (exact) mass is 248 g/mol. The van der Waals surface area contributed by atoms with Crippen LogP contribution in [0, 0.1) is 21.4 Å². The van der Waals surface area contributed by atoms with E-state index in [0.717, 1.165) is 0 Å². The van der Waals surface area contributed by atoms with E-state index >= 15 is 0 Å². The summed E-state index contributed by atoms with van der Waals surface area (Å²) in [6.45, 7) is 0. The minimum atomic E-state index is -5.07. The summed E-state index contributed by atoms with van der Waals surface area (Å²) in [6.07, 6.45) is -5.07. The number of halogens is 3. The topological polar surface area (TPSA) is 115 Å². The van der Waals surface area contributed by atoms with Gasteiger partial charge in [0, 0.05) is 6.07 Å². The van der Waals surface area contributed by atoms with Gasteiger partial charge >= 0.3 is 12.2 Å². The molecule has 0 spiro atoms. The van der Waals surface area contributed by atoms with E-state index in [9.17, 15) is 23.3 Å². The van der Waals surface area contributed by atoms with Crippen LogP contribution in [0.1, 0.15) is 5.69 Å². The molecule has 0 saturated carbocycles. The van der Waals surface area contributed by atoms with E-state index in [1.807, 2.05) is 0 Å².